The smallest absolute Gasteiger partial charge is 0.190 e. The van der Waals surface area contributed by atoms with E-state index in [-0.39, 0.29) is 5.43 Å². The summed E-state index contributed by atoms with van der Waals surface area (Å²) in [6.07, 6.45) is 1.77. The number of hydrogen-bond acceptors (Lipinski definition) is 1. The van der Waals surface area contributed by atoms with Gasteiger partial charge in [0.15, 0.2) is 5.43 Å². The second-order valence-electron chi connectivity index (χ2n) is 3.04. The van der Waals surface area contributed by atoms with Gasteiger partial charge in [-0.15, -0.1) is 0 Å². The summed E-state index contributed by atoms with van der Waals surface area (Å²) < 4.78 is 3.68. The fourth-order valence-electron chi connectivity index (χ4n) is 1.46. The molecule has 0 aliphatic rings. The molecular weight excluding hydrogens is 310 g/mol. The number of nitrogens with zero attached hydrogens (tertiary/aromatic N) is 1. The molecule has 0 aliphatic carbocycles. The number of pyridine rings is 1. The van der Waals surface area contributed by atoms with E-state index in [4.69, 9.17) is 0 Å². The zero-order valence-electron chi connectivity index (χ0n) is 7.42. The molecule has 72 valence electrons. The van der Waals surface area contributed by atoms with Crippen LogP contribution in [0.3, 0.4) is 0 Å². The zero-order valence-corrected chi connectivity index (χ0v) is 10.6. The Labute approximate surface area is 97.8 Å². The van der Waals surface area contributed by atoms with Gasteiger partial charge in [0.25, 0.3) is 0 Å². The highest BCUT2D eigenvalue weighted by molar-refractivity contribution is 9.11. The average molecular weight is 317 g/mol. The molecular formula is C10H7Br2NO. The van der Waals surface area contributed by atoms with Crippen molar-refractivity contribution in [2.24, 2.45) is 7.05 Å². The standard InChI is InChI=1S/C10H7Br2NO/c1-13-5-4-8(14)9-6(11)2-3-7(12)10(9)13/h2-5H,1H3. The van der Waals surface area contributed by atoms with E-state index < -0.39 is 0 Å². The molecule has 2 nitrogen and oxygen atoms in total. The van der Waals surface area contributed by atoms with Crippen molar-refractivity contribution in [2.45, 2.75) is 0 Å². The first-order valence-electron chi connectivity index (χ1n) is 4.04. The molecule has 2 aromatic rings. The van der Waals surface area contributed by atoms with E-state index in [1.165, 1.54) is 0 Å². The molecule has 0 fully saturated rings. The molecule has 0 amide bonds. The van der Waals surface area contributed by atoms with Crippen molar-refractivity contribution >= 4 is 42.8 Å². The van der Waals surface area contributed by atoms with Gasteiger partial charge >= 0.3 is 0 Å². The number of benzene rings is 1. The van der Waals surface area contributed by atoms with Crippen LogP contribution in [-0.4, -0.2) is 4.57 Å². The first-order chi connectivity index (χ1) is 6.61. The summed E-state index contributed by atoms with van der Waals surface area (Å²) in [5.41, 5.74) is 0.943. The number of rotatable bonds is 0. The molecule has 0 atom stereocenters. The fourth-order valence-corrected chi connectivity index (χ4v) is 2.58. The van der Waals surface area contributed by atoms with Gasteiger partial charge in [0.2, 0.25) is 0 Å². The highest BCUT2D eigenvalue weighted by Crippen LogP contribution is 2.27. The maximum atomic E-state index is 11.6. The lowest BCUT2D eigenvalue weighted by molar-refractivity contribution is 0.947. The SMILES string of the molecule is Cn1ccc(=O)c2c(Br)ccc(Br)c21. The van der Waals surface area contributed by atoms with Gasteiger partial charge in [0.05, 0.1) is 10.9 Å². The van der Waals surface area contributed by atoms with E-state index in [2.05, 4.69) is 31.9 Å². The minimum absolute atomic E-state index is 0.0336. The van der Waals surface area contributed by atoms with Crippen molar-refractivity contribution in [1.82, 2.24) is 4.57 Å². The third kappa shape index (κ3) is 1.42. The van der Waals surface area contributed by atoms with Crippen LogP contribution in [0.4, 0.5) is 0 Å². The second kappa shape index (κ2) is 3.51. The normalized spacial score (nSPS) is 10.8. The summed E-state index contributed by atoms with van der Waals surface area (Å²) in [5, 5.41) is 0.712. The molecule has 14 heavy (non-hydrogen) atoms. The molecule has 0 N–H and O–H groups in total. The van der Waals surface area contributed by atoms with E-state index in [0.717, 1.165) is 14.5 Å². The van der Waals surface area contributed by atoms with Crippen LogP contribution in [0.1, 0.15) is 0 Å². The van der Waals surface area contributed by atoms with Gasteiger partial charge in [-0.3, -0.25) is 4.79 Å². The van der Waals surface area contributed by atoms with Crippen LogP contribution < -0.4 is 5.43 Å². The van der Waals surface area contributed by atoms with E-state index in [9.17, 15) is 4.79 Å². The number of halogens is 2. The highest BCUT2D eigenvalue weighted by Gasteiger charge is 2.07. The summed E-state index contributed by atoms with van der Waals surface area (Å²) in [7, 11) is 1.92. The van der Waals surface area contributed by atoms with Crippen LogP contribution in [0, 0.1) is 0 Å². The van der Waals surface area contributed by atoms with Crippen molar-refractivity contribution < 1.29 is 0 Å². The van der Waals surface area contributed by atoms with Gasteiger partial charge in [-0.2, -0.15) is 0 Å². The zero-order chi connectivity index (χ0) is 10.3. The summed E-state index contributed by atoms with van der Waals surface area (Å²) in [6.45, 7) is 0. The predicted molar refractivity (Wildman–Crippen MR) is 64.6 cm³/mol. The number of fused-ring (bicyclic) bond motifs is 1. The largest absolute Gasteiger partial charge is 0.349 e. The summed E-state index contributed by atoms with van der Waals surface area (Å²) in [5.74, 6) is 0. The van der Waals surface area contributed by atoms with Gasteiger partial charge in [-0.25, -0.2) is 0 Å². The van der Waals surface area contributed by atoms with Crippen LogP contribution >= 0.6 is 31.9 Å². The molecule has 1 heterocycles. The fraction of sp³-hybridized carbons (Fsp3) is 0.100. The van der Waals surface area contributed by atoms with Crippen LogP contribution in [-0.2, 0) is 7.05 Å². The van der Waals surface area contributed by atoms with Gasteiger partial charge in [0.1, 0.15) is 0 Å². The summed E-state index contributed by atoms with van der Waals surface area (Å²) >= 11 is 6.82. The lowest BCUT2D eigenvalue weighted by atomic mass is 10.2. The predicted octanol–water partition coefficient (Wildman–Crippen LogP) is 3.06. The number of aryl methyl sites for hydroxylation is 1. The molecule has 0 bridgehead atoms. The van der Waals surface area contributed by atoms with Crippen molar-refractivity contribution in [3.8, 4) is 0 Å². The van der Waals surface area contributed by atoms with E-state index >= 15 is 0 Å². The van der Waals surface area contributed by atoms with Gasteiger partial charge in [-0.1, -0.05) is 0 Å². The maximum absolute atomic E-state index is 11.6. The molecule has 0 saturated heterocycles. The molecule has 2 rings (SSSR count). The van der Waals surface area contributed by atoms with E-state index in [1.54, 1.807) is 12.3 Å². The van der Waals surface area contributed by atoms with Crippen molar-refractivity contribution in [1.29, 1.82) is 0 Å². The minimum atomic E-state index is 0.0336. The van der Waals surface area contributed by atoms with Crippen LogP contribution in [0.5, 0.6) is 0 Å². The summed E-state index contributed by atoms with van der Waals surface area (Å²) in [4.78, 5) is 11.6. The monoisotopic (exact) mass is 315 g/mol. The Morgan fingerprint density at radius 1 is 1.14 bits per heavy atom. The lowest BCUT2D eigenvalue weighted by Gasteiger charge is -2.07. The second-order valence-corrected chi connectivity index (χ2v) is 4.75. The molecule has 1 aromatic heterocycles. The first kappa shape index (κ1) is 9.93. The molecule has 0 saturated carbocycles. The Morgan fingerprint density at radius 2 is 1.79 bits per heavy atom. The Morgan fingerprint density at radius 3 is 2.43 bits per heavy atom. The molecule has 0 radical (unpaired) electrons. The van der Waals surface area contributed by atoms with Crippen LogP contribution in [0.2, 0.25) is 0 Å². The molecule has 0 spiro atoms. The topological polar surface area (TPSA) is 22.0 Å². The molecule has 0 unspecified atom stereocenters. The Kier molecular flexibility index (Phi) is 2.49. The van der Waals surface area contributed by atoms with E-state index in [0.29, 0.717) is 5.39 Å². The third-order valence-electron chi connectivity index (χ3n) is 2.13. The Hall–Kier alpha value is -0.610. The van der Waals surface area contributed by atoms with Crippen LogP contribution in [0.15, 0.2) is 38.1 Å². The number of aromatic nitrogens is 1. The van der Waals surface area contributed by atoms with E-state index in [1.807, 2.05) is 23.7 Å². The van der Waals surface area contributed by atoms with Crippen molar-refractivity contribution in [3.05, 3.63) is 43.6 Å². The summed E-state index contributed by atoms with van der Waals surface area (Å²) in [6, 6.07) is 5.36. The molecule has 4 heteroatoms. The minimum Gasteiger partial charge on any atom is -0.349 e. The lowest BCUT2D eigenvalue weighted by Crippen LogP contribution is -2.06. The quantitative estimate of drug-likeness (QED) is 0.732. The third-order valence-corrected chi connectivity index (χ3v) is 3.43. The maximum Gasteiger partial charge on any atom is 0.190 e. The molecule has 1 aromatic carbocycles. The van der Waals surface area contributed by atoms with Crippen molar-refractivity contribution in [2.75, 3.05) is 0 Å². The van der Waals surface area contributed by atoms with Crippen molar-refractivity contribution in [3.63, 3.8) is 0 Å². The van der Waals surface area contributed by atoms with Gasteiger partial charge in [0, 0.05) is 28.3 Å². The molecule has 0 aliphatic heterocycles. The Bertz CT molecular complexity index is 552. The number of hydrogen-bond donors (Lipinski definition) is 0. The van der Waals surface area contributed by atoms with Gasteiger partial charge < -0.3 is 4.57 Å². The highest BCUT2D eigenvalue weighted by atomic mass is 79.9. The van der Waals surface area contributed by atoms with Crippen LogP contribution in [0.25, 0.3) is 10.9 Å². The average Bonchev–Trinajstić information content (AvgIpc) is 2.16. The Balaban J connectivity index is 3.14. The first-order valence-corrected chi connectivity index (χ1v) is 5.63. The van der Waals surface area contributed by atoms with Gasteiger partial charge in [-0.05, 0) is 44.0 Å².